The molecule has 5 rings (SSSR count). The number of anilines is 1. The van der Waals surface area contributed by atoms with Crippen molar-refractivity contribution in [1.82, 2.24) is 24.4 Å². The van der Waals surface area contributed by atoms with Gasteiger partial charge in [0.1, 0.15) is 5.03 Å². The van der Waals surface area contributed by atoms with Crippen LogP contribution in [-0.2, 0) is 25.8 Å². The molecule has 0 radical (unpaired) electrons. The number of benzene rings is 1. The number of nitrogens with one attached hydrogen (secondary N) is 2. The van der Waals surface area contributed by atoms with Gasteiger partial charge in [-0.15, -0.1) is 0 Å². The molecule has 0 unspecified atom stereocenters. The number of hydrogen-bond acceptors (Lipinski definition) is 6. The molecule has 3 heterocycles. The van der Waals surface area contributed by atoms with Crippen LogP contribution in [-0.4, -0.2) is 46.4 Å². The summed E-state index contributed by atoms with van der Waals surface area (Å²) in [5, 5.41) is 8.88. The molecule has 1 aliphatic heterocycles. The molecule has 1 aliphatic carbocycles. The number of amides is 2. The molecule has 8 nitrogen and oxygen atoms in total. The van der Waals surface area contributed by atoms with Gasteiger partial charge in [-0.25, -0.2) is 9.78 Å². The largest absolute Gasteiger partial charge is 0.481 e. The van der Waals surface area contributed by atoms with Gasteiger partial charge in [0.2, 0.25) is 5.88 Å². The second kappa shape index (κ2) is 9.91. The zero-order valence-electron chi connectivity index (χ0n) is 20.7. The average molecular weight is 493 g/mol. The molecule has 184 valence electrons. The summed E-state index contributed by atoms with van der Waals surface area (Å²) in [5.74, 6) is 0.546. The van der Waals surface area contributed by atoms with E-state index in [-0.39, 0.29) is 12.1 Å². The first kappa shape index (κ1) is 23.7. The minimum absolute atomic E-state index is 0.252. The van der Waals surface area contributed by atoms with Crippen LogP contribution in [0.1, 0.15) is 48.7 Å². The predicted molar refractivity (Wildman–Crippen MR) is 139 cm³/mol. The Hall–Kier alpha value is -3.04. The number of hydrogen-bond donors (Lipinski definition) is 2. The summed E-state index contributed by atoms with van der Waals surface area (Å²) in [6, 6.07) is 8.11. The monoisotopic (exact) mass is 492 g/mol. The van der Waals surface area contributed by atoms with Crippen LogP contribution in [0.4, 0.5) is 10.5 Å². The van der Waals surface area contributed by atoms with Crippen LogP contribution in [0.15, 0.2) is 35.5 Å². The molecule has 3 aromatic rings. The Bertz CT molecular complexity index is 1250. The smallest absolute Gasteiger partial charge is 0.329 e. The highest BCUT2D eigenvalue weighted by atomic mass is 32.2. The topological polar surface area (TPSA) is 84.3 Å². The van der Waals surface area contributed by atoms with Gasteiger partial charge in [0.25, 0.3) is 0 Å². The van der Waals surface area contributed by atoms with E-state index in [4.69, 9.17) is 9.84 Å². The predicted octanol–water partition coefficient (Wildman–Crippen LogP) is 4.84. The van der Waals surface area contributed by atoms with E-state index in [0.717, 1.165) is 60.6 Å². The fourth-order valence-corrected chi connectivity index (χ4v) is 5.73. The van der Waals surface area contributed by atoms with E-state index in [0.29, 0.717) is 5.88 Å². The molecular formula is C26H32N6O2S. The third-order valence-electron chi connectivity index (χ3n) is 6.75. The molecular weight excluding hydrogens is 460 g/mol. The Balaban J connectivity index is 1.38. The summed E-state index contributed by atoms with van der Waals surface area (Å²) in [6.45, 7) is 6.15. The van der Waals surface area contributed by atoms with Crippen molar-refractivity contribution in [3.05, 3.63) is 52.8 Å². The Labute approximate surface area is 210 Å². The number of urea groups is 1. The number of aromatic nitrogens is 3. The lowest BCUT2D eigenvalue weighted by Gasteiger charge is -2.24. The number of carbonyl (C=O) groups excluding carboxylic acids is 1. The normalized spacial score (nSPS) is 15.1. The van der Waals surface area contributed by atoms with E-state index in [2.05, 4.69) is 57.6 Å². The lowest BCUT2D eigenvalue weighted by molar-refractivity contribution is 0.257. The minimum atomic E-state index is -0.252. The van der Waals surface area contributed by atoms with E-state index in [1.807, 2.05) is 12.1 Å². The van der Waals surface area contributed by atoms with Gasteiger partial charge in [-0.05, 0) is 69.3 Å². The minimum Gasteiger partial charge on any atom is -0.481 e. The number of fused-ring (bicyclic) bond motifs is 2. The third kappa shape index (κ3) is 4.75. The number of aryl methyl sites for hydroxylation is 1. The molecule has 0 atom stereocenters. The maximum atomic E-state index is 13.1. The summed E-state index contributed by atoms with van der Waals surface area (Å²) in [6.07, 6.45) is 5.75. The molecule has 1 aromatic carbocycles. The molecule has 2 N–H and O–H groups in total. The summed E-state index contributed by atoms with van der Waals surface area (Å²) >= 11 is 1.30. The number of likely N-dealkylation sites (N-methyl/N-ethyl adjacent to an activating group) is 1. The fraction of sp³-hybridized carbons (Fsp3) is 0.423. The Morgan fingerprint density at radius 1 is 1.17 bits per heavy atom. The fourth-order valence-electron chi connectivity index (χ4n) is 5.02. The number of pyridine rings is 1. The lowest BCUT2D eigenvalue weighted by atomic mass is 9.98. The maximum absolute atomic E-state index is 13.1. The Morgan fingerprint density at radius 2 is 2.03 bits per heavy atom. The van der Waals surface area contributed by atoms with Crippen LogP contribution in [0.5, 0.6) is 5.88 Å². The van der Waals surface area contributed by atoms with Gasteiger partial charge in [-0.1, -0.05) is 12.1 Å². The summed E-state index contributed by atoms with van der Waals surface area (Å²) in [5.41, 5.74) is 7.79. The highest BCUT2D eigenvalue weighted by molar-refractivity contribution is 7.97. The van der Waals surface area contributed by atoms with Crippen molar-refractivity contribution in [2.75, 3.05) is 26.0 Å². The highest BCUT2D eigenvalue weighted by Gasteiger charge is 2.26. The number of nitrogens with zero attached hydrogens (tertiary/aromatic N) is 4. The zero-order valence-corrected chi connectivity index (χ0v) is 21.5. The van der Waals surface area contributed by atoms with Gasteiger partial charge in [0.15, 0.2) is 0 Å². The van der Waals surface area contributed by atoms with Gasteiger partial charge in [-0.2, -0.15) is 5.10 Å². The first-order valence-electron chi connectivity index (χ1n) is 12.1. The van der Waals surface area contributed by atoms with Crippen molar-refractivity contribution >= 4 is 23.7 Å². The van der Waals surface area contributed by atoms with Gasteiger partial charge >= 0.3 is 6.03 Å². The average Bonchev–Trinajstić information content (AvgIpc) is 3.47. The van der Waals surface area contributed by atoms with Crippen molar-refractivity contribution < 1.29 is 9.53 Å². The van der Waals surface area contributed by atoms with E-state index in [1.165, 1.54) is 34.3 Å². The van der Waals surface area contributed by atoms with Gasteiger partial charge in [-0.3, -0.25) is 9.40 Å². The van der Waals surface area contributed by atoms with Crippen LogP contribution >= 0.6 is 11.9 Å². The number of rotatable bonds is 6. The first-order valence-corrected chi connectivity index (χ1v) is 12.9. The molecule has 35 heavy (non-hydrogen) atoms. The molecule has 0 fully saturated rings. The number of ether oxygens (including phenoxy) is 1. The summed E-state index contributed by atoms with van der Waals surface area (Å²) in [7, 11) is 3.74. The van der Waals surface area contributed by atoms with Gasteiger partial charge < -0.3 is 15.0 Å². The van der Waals surface area contributed by atoms with Gasteiger partial charge in [0.05, 0.1) is 18.5 Å². The molecule has 9 heteroatoms. The highest BCUT2D eigenvalue weighted by Crippen LogP contribution is 2.38. The van der Waals surface area contributed by atoms with Crippen molar-refractivity contribution in [1.29, 1.82) is 0 Å². The van der Waals surface area contributed by atoms with E-state index >= 15 is 0 Å². The van der Waals surface area contributed by atoms with Crippen LogP contribution in [0.2, 0.25) is 0 Å². The Morgan fingerprint density at radius 3 is 2.83 bits per heavy atom. The lowest BCUT2D eigenvalue weighted by Crippen LogP contribution is -2.28. The number of carbonyl (C=O) groups is 1. The van der Waals surface area contributed by atoms with Crippen molar-refractivity contribution in [3.8, 4) is 17.0 Å². The van der Waals surface area contributed by atoms with Crippen LogP contribution < -0.4 is 14.8 Å². The maximum Gasteiger partial charge on any atom is 0.329 e. The zero-order chi connectivity index (χ0) is 24.5. The van der Waals surface area contributed by atoms with Crippen molar-refractivity contribution in [2.24, 2.45) is 0 Å². The standard InChI is InChI=1S/C26H32N6O2S/c1-16(2)32-22-15-31(3)13-11-21(22)25(29-32)35-30-26(33)28-24-19-7-5-6-17(19)8-9-20(24)18-10-12-27-23(14-18)34-4/h8-10,12,14,16H,5-7,11,13,15H2,1-4H3,(H2,28,30,33). The molecule has 2 aliphatic rings. The van der Waals surface area contributed by atoms with Crippen molar-refractivity contribution in [2.45, 2.75) is 57.1 Å². The summed E-state index contributed by atoms with van der Waals surface area (Å²) in [4.78, 5) is 19.7. The number of methoxy groups -OCH3 is 1. The van der Waals surface area contributed by atoms with Crippen LogP contribution in [0.25, 0.3) is 11.1 Å². The molecule has 0 saturated heterocycles. The third-order valence-corrected chi connectivity index (χ3v) is 7.56. The second-order valence-electron chi connectivity index (χ2n) is 9.48. The van der Waals surface area contributed by atoms with Crippen molar-refractivity contribution in [3.63, 3.8) is 0 Å². The first-order chi connectivity index (χ1) is 16.9. The van der Waals surface area contributed by atoms with Gasteiger partial charge in [0, 0.05) is 54.5 Å². The molecule has 0 bridgehead atoms. The molecule has 0 saturated carbocycles. The van der Waals surface area contributed by atoms with Crippen LogP contribution in [0.3, 0.4) is 0 Å². The van der Waals surface area contributed by atoms with E-state index in [1.54, 1.807) is 13.3 Å². The molecule has 2 amide bonds. The SMILES string of the molecule is COc1cc(-c2ccc3c(c2NC(=O)NSc2nn(C(C)C)c4c2CCN(C)C4)CCC3)ccn1. The molecule has 0 spiro atoms. The second-order valence-corrected chi connectivity index (χ2v) is 10.3. The Kier molecular flexibility index (Phi) is 6.71. The van der Waals surface area contributed by atoms with Crippen LogP contribution in [0, 0.1) is 0 Å². The molecule has 2 aromatic heterocycles. The summed E-state index contributed by atoms with van der Waals surface area (Å²) < 4.78 is 10.4. The van der Waals surface area contributed by atoms with E-state index < -0.39 is 0 Å². The van der Waals surface area contributed by atoms with E-state index in [9.17, 15) is 4.79 Å². The quantitative estimate of drug-likeness (QED) is 0.479.